The Kier molecular flexibility index (Phi) is 6.95. The molecular weight excluding hydrogens is 313 g/mol. The predicted octanol–water partition coefficient (Wildman–Crippen LogP) is 2.66. The van der Waals surface area contributed by atoms with Crippen LogP contribution in [0.2, 0.25) is 5.02 Å². The lowest BCUT2D eigenvalue weighted by molar-refractivity contribution is -0.120. The van der Waals surface area contributed by atoms with Gasteiger partial charge in [0.05, 0.1) is 16.6 Å². The molecule has 0 aromatic heterocycles. The topological polar surface area (TPSA) is 70.2 Å². The number of anilines is 2. The Bertz CT molecular complexity index is 517. The third-order valence-corrected chi connectivity index (χ3v) is 3.53. The van der Waals surface area contributed by atoms with E-state index in [9.17, 15) is 9.59 Å². The van der Waals surface area contributed by atoms with E-state index < -0.39 is 0 Å². The summed E-state index contributed by atoms with van der Waals surface area (Å²) in [6.07, 6.45) is 1.91. The molecule has 5 nitrogen and oxygen atoms in total. The zero-order chi connectivity index (χ0) is 14.5. The van der Waals surface area contributed by atoms with Crippen molar-refractivity contribution in [2.45, 2.75) is 19.8 Å². The van der Waals surface area contributed by atoms with E-state index in [0.29, 0.717) is 22.9 Å². The number of benzene rings is 1. The molecule has 1 saturated heterocycles. The minimum atomic E-state index is -0.183. The van der Waals surface area contributed by atoms with Crippen molar-refractivity contribution in [1.29, 1.82) is 0 Å². The Hall–Kier alpha value is -1.30. The lowest BCUT2D eigenvalue weighted by Crippen LogP contribution is -2.37. The molecule has 116 valence electrons. The molecule has 1 fully saturated rings. The molecule has 7 heteroatoms. The molecule has 1 aromatic rings. The van der Waals surface area contributed by atoms with E-state index in [1.807, 2.05) is 0 Å². The Labute approximate surface area is 135 Å². The standard InChI is InChI=1S/C14H18ClN3O2.ClH/c1-9(19)17-13-5-4-11(7-12(13)15)18-14(20)10-3-2-6-16-8-10;/h4-5,7,10,16H,2-3,6,8H2,1H3,(H,17,19)(H,18,20);1H. The van der Waals surface area contributed by atoms with Gasteiger partial charge < -0.3 is 16.0 Å². The molecule has 3 N–H and O–H groups in total. The van der Waals surface area contributed by atoms with Gasteiger partial charge in [-0.1, -0.05) is 11.6 Å². The van der Waals surface area contributed by atoms with Crippen LogP contribution < -0.4 is 16.0 Å². The quantitative estimate of drug-likeness (QED) is 0.797. The number of hydrogen-bond donors (Lipinski definition) is 3. The highest BCUT2D eigenvalue weighted by atomic mass is 35.5. The minimum Gasteiger partial charge on any atom is -0.326 e. The third kappa shape index (κ3) is 5.19. The van der Waals surface area contributed by atoms with E-state index in [4.69, 9.17) is 11.6 Å². The number of carbonyl (C=O) groups excluding carboxylic acids is 2. The fraction of sp³-hybridized carbons (Fsp3) is 0.429. The van der Waals surface area contributed by atoms with Crippen molar-refractivity contribution in [2.75, 3.05) is 23.7 Å². The molecule has 0 radical (unpaired) electrons. The summed E-state index contributed by atoms with van der Waals surface area (Å²) in [5.74, 6) is -0.185. The summed E-state index contributed by atoms with van der Waals surface area (Å²) in [6, 6.07) is 5.05. The molecule has 21 heavy (non-hydrogen) atoms. The zero-order valence-electron chi connectivity index (χ0n) is 11.7. The highest BCUT2D eigenvalue weighted by molar-refractivity contribution is 6.34. The normalized spacial score (nSPS) is 17.5. The fourth-order valence-corrected chi connectivity index (χ4v) is 2.43. The van der Waals surface area contributed by atoms with Gasteiger partial charge in [-0.2, -0.15) is 0 Å². The first kappa shape index (κ1) is 17.8. The maximum Gasteiger partial charge on any atom is 0.228 e. The van der Waals surface area contributed by atoms with E-state index in [1.54, 1.807) is 18.2 Å². The first-order valence-corrected chi connectivity index (χ1v) is 7.03. The van der Waals surface area contributed by atoms with E-state index in [0.717, 1.165) is 19.4 Å². The molecule has 0 aliphatic carbocycles. The second-order valence-corrected chi connectivity index (χ2v) is 5.32. The summed E-state index contributed by atoms with van der Waals surface area (Å²) >= 11 is 6.06. The summed E-state index contributed by atoms with van der Waals surface area (Å²) < 4.78 is 0. The van der Waals surface area contributed by atoms with Crippen molar-refractivity contribution in [3.05, 3.63) is 23.2 Å². The Morgan fingerprint density at radius 3 is 2.67 bits per heavy atom. The molecular formula is C14H19Cl2N3O2. The molecule has 1 aliphatic rings. The van der Waals surface area contributed by atoms with Gasteiger partial charge in [-0.15, -0.1) is 12.4 Å². The Morgan fingerprint density at radius 1 is 1.33 bits per heavy atom. The SMILES string of the molecule is CC(=O)Nc1ccc(NC(=O)C2CCCNC2)cc1Cl.Cl. The molecule has 2 amide bonds. The average molecular weight is 332 g/mol. The van der Waals surface area contributed by atoms with Gasteiger partial charge in [-0.05, 0) is 37.6 Å². The summed E-state index contributed by atoms with van der Waals surface area (Å²) in [5, 5.41) is 9.09. The summed E-state index contributed by atoms with van der Waals surface area (Å²) in [4.78, 5) is 23.1. The predicted molar refractivity (Wildman–Crippen MR) is 87.2 cm³/mol. The molecule has 1 heterocycles. The van der Waals surface area contributed by atoms with Crippen molar-refractivity contribution >= 4 is 47.2 Å². The molecule has 0 bridgehead atoms. The first-order chi connectivity index (χ1) is 9.56. The lowest BCUT2D eigenvalue weighted by Gasteiger charge is -2.22. The van der Waals surface area contributed by atoms with Gasteiger partial charge in [0, 0.05) is 19.2 Å². The van der Waals surface area contributed by atoms with Crippen molar-refractivity contribution < 1.29 is 9.59 Å². The van der Waals surface area contributed by atoms with E-state index in [2.05, 4.69) is 16.0 Å². The van der Waals surface area contributed by atoms with Crippen molar-refractivity contribution in [3.63, 3.8) is 0 Å². The van der Waals surface area contributed by atoms with E-state index in [1.165, 1.54) is 6.92 Å². The van der Waals surface area contributed by atoms with Gasteiger partial charge >= 0.3 is 0 Å². The molecule has 1 aromatic carbocycles. The van der Waals surface area contributed by atoms with Crippen LogP contribution in [-0.2, 0) is 9.59 Å². The average Bonchev–Trinajstić information content (AvgIpc) is 2.42. The monoisotopic (exact) mass is 331 g/mol. The van der Waals surface area contributed by atoms with Gasteiger partial charge in [-0.3, -0.25) is 9.59 Å². The van der Waals surface area contributed by atoms with E-state index >= 15 is 0 Å². The van der Waals surface area contributed by atoms with Crippen LogP contribution in [0.25, 0.3) is 0 Å². The van der Waals surface area contributed by atoms with Crippen LogP contribution in [0.5, 0.6) is 0 Å². The molecule has 1 aliphatic heterocycles. The molecule has 1 unspecified atom stereocenters. The summed E-state index contributed by atoms with van der Waals surface area (Å²) in [7, 11) is 0. The van der Waals surface area contributed by atoms with Crippen molar-refractivity contribution in [3.8, 4) is 0 Å². The largest absolute Gasteiger partial charge is 0.326 e. The van der Waals surface area contributed by atoms with Crippen LogP contribution in [0.15, 0.2) is 18.2 Å². The number of nitrogens with one attached hydrogen (secondary N) is 3. The van der Waals surface area contributed by atoms with Crippen LogP contribution in [0.1, 0.15) is 19.8 Å². The van der Waals surface area contributed by atoms with Gasteiger partial charge in [0.25, 0.3) is 0 Å². The Morgan fingerprint density at radius 2 is 2.10 bits per heavy atom. The number of carbonyl (C=O) groups is 2. The van der Waals surface area contributed by atoms with Gasteiger partial charge in [0.2, 0.25) is 11.8 Å². The lowest BCUT2D eigenvalue weighted by atomic mass is 9.99. The second kappa shape index (κ2) is 8.22. The summed E-state index contributed by atoms with van der Waals surface area (Å²) in [5.41, 5.74) is 1.18. The number of amides is 2. The van der Waals surface area contributed by atoms with E-state index in [-0.39, 0.29) is 30.1 Å². The number of hydrogen-bond acceptors (Lipinski definition) is 3. The molecule has 0 saturated carbocycles. The highest BCUT2D eigenvalue weighted by Crippen LogP contribution is 2.26. The van der Waals surface area contributed by atoms with Gasteiger partial charge in [-0.25, -0.2) is 0 Å². The van der Waals surface area contributed by atoms with Gasteiger partial charge in [0.15, 0.2) is 0 Å². The zero-order valence-corrected chi connectivity index (χ0v) is 13.3. The van der Waals surface area contributed by atoms with Crippen LogP contribution in [-0.4, -0.2) is 24.9 Å². The van der Waals surface area contributed by atoms with Crippen LogP contribution in [0.4, 0.5) is 11.4 Å². The third-order valence-electron chi connectivity index (χ3n) is 3.21. The number of piperidine rings is 1. The van der Waals surface area contributed by atoms with Crippen molar-refractivity contribution in [2.24, 2.45) is 5.92 Å². The second-order valence-electron chi connectivity index (χ2n) is 4.91. The van der Waals surface area contributed by atoms with Crippen LogP contribution >= 0.6 is 24.0 Å². The van der Waals surface area contributed by atoms with Gasteiger partial charge in [0.1, 0.15) is 0 Å². The fourth-order valence-electron chi connectivity index (χ4n) is 2.20. The molecule has 0 spiro atoms. The highest BCUT2D eigenvalue weighted by Gasteiger charge is 2.20. The minimum absolute atomic E-state index is 0. The summed E-state index contributed by atoms with van der Waals surface area (Å²) in [6.45, 7) is 3.10. The maximum atomic E-state index is 12.1. The van der Waals surface area contributed by atoms with Crippen LogP contribution in [0, 0.1) is 5.92 Å². The number of halogens is 2. The van der Waals surface area contributed by atoms with Crippen LogP contribution in [0.3, 0.4) is 0 Å². The maximum absolute atomic E-state index is 12.1. The smallest absolute Gasteiger partial charge is 0.228 e. The number of rotatable bonds is 3. The molecule has 2 rings (SSSR count). The Balaban J connectivity index is 0.00000220. The molecule has 1 atom stereocenters. The first-order valence-electron chi connectivity index (χ1n) is 6.65. The van der Waals surface area contributed by atoms with Crippen molar-refractivity contribution in [1.82, 2.24) is 5.32 Å².